The number of nitrogens with one attached hydrogen (secondary N) is 1. The fourth-order valence-electron chi connectivity index (χ4n) is 2.19. The van der Waals surface area contributed by atoms with Gasteiger partial charge in [0.25, 0.3) is 0 Å². The van der Waals surface area contributed by atoms with Crippen molar-refractivity contribution in [2.24, 2.45) is 0 Å². The molecule has 25 heavy (non-hydrogen) atoms. The molecule has 4 nitrogen and oxygen atoms in total. The number of rotatable bonds is 6. The van der Waals surface area contributed by atoms with Crippen molar-refractivity contribution in [2.45, 2.75) is 17.6 Å². The Hall–Kier alpha value is -1.32. The van der Waals surface area contributed by atoms with Crippen molar-refractivity contribution in [3.05, 3.63) is 57.1 Å². The second-order valence-electron chi connectivity index (χ2n) is 5.24. The van der Waals surface area contributed by atoms with Gasteiger partial charge in [-0.2, -0.15) is 0 Å². The molecule has 0 unspecified atom stereocenters. The number of thiazole rings is 1. The van der Waals surface area contributed by atoms with Gasteiger partial charge >= 0.3 is 0 Å². The molecule has 0 amide bonds. The maximum absolute atomic E-state index is 13.0. The van der Waals surface area contributed by atoms with Gasteiger partial charge in [-0.1, -0.05) is 11.6 Å². The van der Waals surface area contributed by atoms with Gasteiger partial charge in [0.15, 0.2) is 0 Å². The molecule has 0 aliphatic rings. The first kappa shape index (κ1) is 18.5. The van der Waals surface area contributed by atoms with E-state index in [1.54, 1.807) is 18.2 Å². The fourth-order valence-corrected chi connectivity index (χ4v) is 5.81. The molecule has 0 saturated carbocycles. The van der Waals surface area contributed by atoms with Crippen LogP contribution in [0.25, 0.3) is 10.6 Å². The lowest BCUT2D eigenvalue weighted by atomic mass is 10.2. The van der Waals surface area contributed by atoms with Crippen LogP contribution in [0.15, 0.2) is 40.6 Å². The van der Waals surface area contributed by atoms with Crippen molar-refractivity contribution in [2.75, 3.05) is 6.54 Å². The number of hydrogen-bond donors (Lipinski definition) is 1. The summed E-state index contributed by atoms with van der Waals surface area (Å²) in [5.74, 6) is -0.291. The molecule has 2 aromatic heterocycles. The highest BCUT2D eigenvalue weighted by Crippen LogP contribution is 2.29. The Bertz CT molecular complexity index is 981. The van der Waals surface area contributed by atoms with Gasteiger partial charge < -0.3 is 0 Å². The summed E-state index contributed by atoms with van der Waals surface area (Å²) in [4.78, 5) is 5.48. The largest absolute Gasteiger partial charge is 0.250 e. The Morgan fingerprint density at radius 3 is 2.52 bits per heavy atom. The number of sulfonamides is 1. The third-order valence-corrected chi connectivity index (χ3v) is 7.89. The molecule has 9 heteroatoms. The summed E-state index contributed by atoms with van der Waals surface area (Å²) in [6.45, 7) is 2.15. The van der Waals surface area contributed by atoms with Crippen LogP contribution in [0.3, 0.4) is 0 Å². The van der Waals surface area contributed by atoms with Gasteiger partial charge in [-0.15, -0.1) is 22.7 Å². The van der Waals surface area contributed by atoms with Crippen LogP contribution in [-0.2, 0) is 16.4 Å². The van der Waals surface area contributed by atoms with Gasteiger partial charge in [-0.3, -0.25) is 0 Å². The lowest BCUT2D eigenvalue weighted by Crippen LogP contribution is -2.25. The van der Waals surface area contributed by atoms with Crippen molar-refractivity contribution in [3.8, 4) is 10.6 Å². The number of nitrogens with zero attached hydrogens (tertiary/aromatic N) is 1. The minimum Gasteiger partial charge on any atom is -0.241 e. The molecule has 0 spiro atoms. The number of thiophene rings is 1. The van der Waals surface area contributed by atoms with E-state index in [0.29, 0.717) is 10.8 Å². The Morgan fingerprint density at radius 1 is 1.16 bits per heavy atom. The number of aromatic nitrogens is 1. The van der Waals surface area contributed by atoms with Crippen LogP contribution >= 0.6 is 34.3 Å². The molecule has 3 aromatic rings. The molecule has 3 rings (SSSR count). The normalized spacial score (nSPS) is 11.8. The van der Waals surface area contributed by atoms with Gasteiger partial charge in [0, 0.05) is 17.0 Å². The minimum absolute atomic E-state index is 0.200. The first-order chi connectivity index (χ1) is 11.8. The molecule has 0 atom stereocenters. The van der Waals surface area contributed by atoms with Crippen molar-refractivity contribution >= 4 is 44.3 Å². The van der Waals surface area contributed by atoms with Crippen molar-refractivity contribution in [1.29, 1.82) is 0 Å². The van der Waals surface area contributed by atoms with Crippen LogP contribution in [0.4, 0.5) is 4.39 Å². The maximum Gasteiger partial charge on any atom is 0.250 e. The van der Waals surface area contributed by atoms with Gasteiger partial charge in [-0.05, 0) is 49.7 Å². The number of halogens is 2. The minimum atomic E-state index is -3.55. The van der Waals surface area contributed by atoms with Gasteiger partial charge in [-0.25, -0.2) is 22.5 Å². The van der Waals surface area contributed by atoms with E-state index >= 15 is 0 Å². The predicted molar refractivity (Wildman–Crippen MR) is 100 cm³/mol. The number of hydrogen-bond acceptors (Lipinski definition) is 5. The molecule has 0 fully saturated rings. The van der Waals surface area contributed by atoms with Crippen LogP contribution in [0, 0.1) is 12.7 Å². The molecule has 0 saturated heterocycles. The standard InChI is InChI=1S/C16H14ClFN2O2S3/c1-10-13(23-16(20-10)11-2-4-12(18)5-3-11)8-9-19-25(21,22)15-7-6-14(17)24-15/h2-7,19H,8-9H2,1H3. The van der Waals surface area contributed by atoms with E-state index in [4.69, 9.17) is 11.6 Å². The lowest BCUT2D eigenvalue weighted by molar-refractivity contribution is 0.584. The van der Waals surface area contributed by atoms with Crippen LogP contribution < -0.4 is 4.72 Å². The Labute approximate surface area is 158 Å². The van der Waals surface area contributed by atoms with Crippen molar-refractivity contribution < 1.29 is 12.8 Å². The molecular weight excluding hydrogens is 403 g/mol. The zero-order valence-electron chi connectivity index (χ0n) is 13.1. The smallest absolute Gasteiger partial charge is 0.241 e. The summed E-state index contributed by atoms with van der Waals surface area (Å²) in [7, 11) is -3.55. The summed E-state index contributed by atoms with van der Waals surface area (Å²) in [5, 5.41) is 0.792. The molecule has 0 aliphatic heterocycles. The Balaban J connectivity index is 1.67. The fraction of sp³-hybridized carbons (Fsp3) is 0.188. The number of benzene rings is 1. The molecule has 132 valence electrons. The molecule has 1 aromatic carbocycles. The quantitative estimate of drug-likeness (QED) is 0.643. The van der Waals surface area contributed by atoms with E-state index in [0.717, 1.165) is 32.5 Å². The van der Waals surface area contributed by atoms with Crippen molar-refractivity contribution in [1.82, 2.24) is 9.71 Å². The van der Waals surface area contributed by atoms with E-state index in [1.807, 2.05) is 6.92 Å². The SMILES string of the molecule is Cc1nc(-c2ccc(F)cc2)sc1CCNS(=O)(=O)c1ccc(Cl)s1. The predicted octanol–water partition coefficient (Wildman–Crippen LogP) is 4.49. The van der Waals surface area contributed by atoms with Crippen LogP contribution in [0.5, 0.6) is 0 Å². The topological polar surface area (TPSA) is 59.1 Å². The van der Waals surface area contributed by atoms with Gasteiger partial charge in [0.1, 0.15) is 15.0 Å². The third kappa shape index (κ3) is 4.45. The van der Waals surface area contributed by atoms with Gasteiger partial charge in [0.2, 0.25) is 10.0 Å². The molecular formula is C16H14ClFN2O2S3. The highest BCUT2D eigenvalue weighted by molar-refractivity contribution is 7.91. The average Bonchev–Trinajstić information content (AvgIpc) is 3.15. The van der Waals surface area contributed by atoms with E-state index in [9.17, 15) is 12.8 Å². The summed E-state index contributed by atoms with van der Waals surface area (Å²) in [6, 6.07) is 9.20. The molecule has 1 N–H and O–H groups in total. The first-order valence-corrected chi connectivity index (χ1v) is 10.8. The summed E-state index contributed by atoms with van der Waals surface area (Å²) in [5.41, 5.74) is 1.69. The Morgan fingerprint density at radius 2 is 1.88 bits per heavy atom. The zero-order chi connectivity index (χ0) is 18.0. The first-order valence-electron chi connectivity index (χ1n) is 7.32. The van der Waals surface area contributed by atoms with E-state index in [-0.39, 0.29) is 16.6 Å². The average molecular weight is 417 g/mol. The summed E-state index contributed by atoms with van der Waals surface area (Å²) in [6.07, 6.45) is 0.531. The second-order valence-corrected chi connectivity index (χ2v) is 10.0. The molecule has 0 radical (unpaired) electrons. The Kier molecular flexibility index (Phi) is 5.55. The van der Waals surface area contributed by atoms with Crippen LogP contribution in [0.1, 0.15) is 10.6 Å². The third-order valence-electron chi connectivity index (χ3n) is 3.44. The highest BCUT2D eigenvalue weighted by atomic mass is 35.5. The molecule has 0 aliphatic carbocycles. The second kappa shape index (κ2) is 7.51. The zero-order valence-corrected chi connectivity index (χ0v) is 16.3. The van der Waals surface area contributed by atoms with E-state index in [2.05, 4.69) is 9.71 Å². The lowest BCUT2D eigenvalue weighted by Gasteiger charge is -2.03. The maximum atomic E-state index is 13.0. The van der Waals surface area contributed by atoms with Crippen LogP contribution in [-0.4, -0.2) is 19.9 Å². The van der Waals surface area contributed by atoms with Crippen molar-refractivity contribution in [3.63, 3.8) is 0 Å². The van der Waals surface area contributed by atoms with E-state index in [1.165, 1.54) is 29.5 Å². The van der Waals surface area contributed by atoms with E-state index < -0.39 is 10.0 Å². The van der Waals surface area contributed by atoms with Gasteiger partial charge in [0.05, 0.1) is 10.0 Å². The molecule has 2 heterocycles. The summed E-state index contributed by atoms with van der Waals surface area (Å²) < 4.78 is 40.6. The highest BCUT2D eigenvalue weighted by Gasteiger charge is 2.17. The van der Waals surface area contributed by atoms with Crippen LogP contribution in [0.2, 0.25) is 4.34 Å². The molecule has 0 bridgehead atoms. The number of aryl methyl sites for hydroxylation is 1. The summed E-state index contributed by atoms with van der Waals surface area (Å²) >= 11 is 8.29. The monoisotopic (exact) mass is 416 g/mol.